The molecule has 1 fully saturated rings. The number of amides is 2. The maximum atomic E-state index is 11.7. The molecule has 116 valence electrons. The molecule has 0 aliphatic carbocycles. The molecule has 1 rings (SSSR count). The van der Waals surface area contributed by atoms with Crippen molar-refractivity contribution < 1.29 is 9.59 Å². The summed E-state index contributed by atoms with van der Waals surface area (Å²) in [4.78, 5) is 24.7. The van der Waals surface area contributed by atoms with Gasteiger partial charge in [-0.2, -0.15) is 0 Å². The van der Waals surface area contributed by atoms with Crippen molar-refractivity contribution in [2.24, 2.45) is 11.7 Å². The zero-order chi connectivity index (χ0) is 14.8. The van der Waals surface area contributed by atoms with Crippen LogP contribution < -0.4 is 11.1 Å². The van der Waals surface area contributed by atoms with Gasteiger partial charge in [0.25, 0.3) is 0 Å². The lowest BCUT2D eigenvalue weighted by molar-refractivity contribution is -0.139. The van der Waals surface area contributed by atoms with Gasteiger partial charge in [0.2, 0.25) is 11.8 Å². The molecule has 0 aromatic rings. The predicted octanol–water partition coefficient (Wildman–Crippen LogP) is 1.27. The monoisotopic (exact) mass is 283 g/mol. The van der Waals surface area contributed by atoms with E-state index < -0.39 is 0 Å². The van der Waals surface area contributed by atoms with Crippen LogP contribution in [0.3, 0.4) is 0 Å². The lowest BCUT2D eigenvalue weighted by Gasteiger charge is -2.13. The molecule has 0 bridgehead atoms. The Labute approximate surface area is 122 Å². The van der Waals surface area contributed by atoms with Crippen LogP contribution in [0.25, 0.3) is 0 Å². The maximum Gasteiger partial charge on any atom is 0.232 e. The molecule has 20 heavy (non-hydrogen) atoms. The van der Waals surface area contributed by atoms with Crippen molar-refractivity contribution in [3.05, 3.63) is 0 Å². The fourth-order valence-corrected chi connectivity index (χ4v) is 2.48. The average molecular weight is 283 g/mol. The van der Waals surface area contributed by atoms with Crippen LogP contribution in [0.15, 0.2) is 0 Å². The molecule has 0 saturated carbocycles. The second-order valence-electron chi connectivity index (χ2n) is 5.65. The topological polar surface area (TPSA) is 75.4 Å². The van der Waals surface area contributed by atoms with Crippen molar-refractivity contribution in [2.75, 3.05) is 26.2 Å². The number of carbonyl (C=O) groups is 2. The summed E-state index contributed by atoms with van der Waals surface area (Å²) in [7, 11) is 0. The third-order valence-corrected chi connectivity index (χ3v) is 3.76. The van der Waals surface area contributed by atoms with Crippen molar-refractivity contribution in [3.63, 3.8) is 0 Å². The maximum absolute atomic E-state index is 11.7. The molecule has 5 heteroatoms. The van der Waals surface area contributed by atoms with Crippen LogP contribution in [0.2, 0.25) is 0 Å². The third kappa shape index (κ3) is 6.01. The molecule has 1 saturated heterocycles. The fourth-order valence-electron chi connectivity index (χ4n) is 2.48. The average Bonchev–Trinajstić information content (AvgIpc) is 2.67. The first-order valence-corrected chi connectivity index (χ1v) is 7.91. The number of nitrogens with one attached hydrogen (secondary N) is 1. The minimum absolute atomic E-state index is 0.000490. The first-order valence-electron chi connectivity index (χ1n) is 7.91. The van der Waals surface area contributed by atoms with Crippen LogP contribution >= 0.6 is 0 Å². The summed E-state index contributed by atoms with van der Waals surface area (Å²) in [6, 6.07) is 0. The molecule has 0 spiro atoms. The van der Waals surface area contributed by atoms with E-state index in [1.54, 1.807) is 0 Å². The van der Waals surface area contributed by atoms with Gasteiger partial charge in [-0.05, 0) is 45.3 Å². The Hall–Kier alpha value is -0.940. The van der Waals surface area contributed by atoms with Gasteiger partial charge in [-0.25, -0.2) is 0 Å². The third-order valence-electron chi connectivity index (χ3n) is 3.76. The van der Waals surface area contributed by atoms with Crippen molar-refractivity contribution >= 4 is 11.8 Å². The van der Waals surface area contributed by atoms with E-state index in [0.29, 0.717) is 13.0 Å². The number of imide groups is 1. The van der Waals surface area contributed by atoms with E-state index in [9.17, 15) is 9.59 Å². The highest BCUT2D eigenvalue weighted by Gasteiger charge is 2.34. The Morgan fingerprint density at radius 2 is 1.75 bits per heavy atom. The van der Waals surface area contributed by atoms with Gasteiger partial charge >= 0.3 is 0 Å². The van der Waals surface area contributed by atoms with Crippen molar-refractivity contribution in [2.45, 2.75) is 51.9 Å². The number of likely N-dealkylation sites (tertiary alicyclic amines) is 1. The molecular weight excluding hydrogens is 254 g/mol. The van der Waals surface area contributed by atoms with Crippen molar-refractivity contribution in [1.29, 1.82) is 0 Å². The Morgan fingerprint density at radius 3 is 2.30 bits per heavy atom. The summed E-state index contributed by atoms with van der Waals surface area (Å²) in [5, 5.41) is 3.41. The normalized spacial score (nSPS) is 19.1. The zero-order valence-electron chi connectivity index (χ0n) is 12.7. The molecule has 1 unspecified atom stereocenters. The molecule has 3 N–H and O–H groups in total. The van der Waals surface area contributed by atoms with Crippen LogP contribution in [-0.4, -0.2) is 42.9 Å². The van der Waals surface area contributed by atoms with Crippen LogP contribution in [0.5, 0.6) is 0 Å². The number of carbonyl (C=O) groups excluding carboxylic acids is 2. The summed E-state index contributed by atoms with van der Waals surface area (Å²) >= 11 is 0. The van der Waals surface area contributed by atoms with Crippen LogP contribution in [-0.2, 0) is 9.59 Å². The Kier molecular flexibility index (Phi) is 8.46. The predicted molar refractivity (Wildman–Crippen MR) is 80.1 cm³/mol. The first kappa shape index (κ1) is 17.1. The molecule has 2 amide bonds. The van der Waals surface area contributed by atoms with Gasteiger partial charge in [0.15, 0.2) is 0 Å². The van der Waals surface area contributed by atoms with E-state index in [0.717, 1.165) is 45.3 Å². The number of rotatable bonds is 11. The number of unbranched alkanes of at least 4 members (excludes halogenated alkanes) is 4. The number of hydrogen-bond acceptors (Lipinski definition) is 4. The summed E-state index contributed by atoms with van der Waals surface area (Å²) < 4.78 is 0. The van der Waals surface area contributed by atoms with Gasteiger partial charge in [0.1, 0.15) is 0 Å². The van der Waals surface area contributed by atoms with Crippen molar-refractivity contribution in [1.82, 2.24) is 10.2 Å². The highest BCUT2D eigenvalue weighted by Crippen LogP contribution is 2.19. The molecular formula is C15H29N3O2. The standard InChI is InChI=1S/C15H29N3O2/c1-13-12-14(19)18(15(13)20)11-7-3-6-10-17-9-5-2-4-8-16/h13,17H,2-12,16H2,1H3. The van der Waals surface area contributed by atoms with Gasteiger partial charge in [-0.15, -0.1) is 0 Å². The van der Waals surface area contributed by atoms with Gasteiger partial charge in [-0.3, -0.25) is 14.5 Å². The lowest BCUT2D eigenvalue weighted by Crippen LogP contribution is -2.31. The number of nitrogens with two attached hydrogens (primary N) is 1. The second kappa shape index (κ2) is 9.88. The molecule has 0 radical (unpaired) electrons. The first-order chi connectivity index (χ1) is 9.66. The van der Waals surface area contributed by atoms with Gasteiger partial charge in [0.05, 0.1) is 0 Å². The summed E-state index contributed by atoms with van der Waals surface area (Å²) in [6.07, 6.45) is 6.96. The Morgan fingerprint density at radius 1 is 1.10 bits per heavy atom. The van der Waals surface area contributed by atoms with E-state index in [2.05, 4.69) is 5.32 Å². The molecule has 5 nitrogen and oxygen atoms in total. The summed E-state index contributed by atoms with van der Waals surface area (Å²) in [6.45, 7) is 5.28. The highest BCUT2D eigenvalue weighted by molar-refractivity contribution is 6.03. The fraction of sp³-hybridized carbons (Fsp3) is 0.867. The SMILES string of the molecule is CC1CC(=O)N(CCCCCNCCCCCN)C1=O. The molecule has 0 aromatic carbocycles. The quantitative estimate of drug-likeness (QED) is 0.442. The van der Waals surface area contributed by atoms with E-state index in [4.69, 9.17) is 5.73 Å². The molecule has 1 aliphatic heterocycles. The zero-order valence-corrected chi connectivity index (χ0v) is 12.7. The van der Waals surface area contributed by atoms with Gasteiger partial charge < -0.3 is 11.1 Å². The van der Waals surface area contributed by atoms with E-state index in [-0.39, 0.29) is 17.7 Å². The number of nitrogens with zero attached hydrogens (tertiary/aromatic N) is 1. The van der Waals surface area contributed by atoms with Gasteiger partial charge in [0, 0.05) is 18.9 Å². The number of hydrogen-bond donors (Lipinski definition) is 2. The largest absolute Gasteiger partial charge is 0.330 e. The second-order valence-corrected chi connectivity index (χ2v) is 5.65. The Bertz CT molecular complexity index is 307. The van der Waals surface area contributed by atoms with E-state index in [1.165, 1.54) is 17.7 Å². The van der Waals surface area contributed by atoms with E-state index >= 15 is 0 Å². The summed E-state index contributed by atoms with van der Waals surface area (Å²) in [5.74, 6) is -0.105. The highest BCUT2D eigenvalue weighted by atomic mass is 16.2. The smallest absolute Gasteiger partial charge is 0.232 e. The van der Waals surface area contributed by atoms with Crippen molar-refractivity contribution in [3.8, 4) is 0 Å². The van der Waals surface area contributed by atoms with Crippen LogP contribution in [0, 0.1) is 5.92 Å². The minimum Gasteiger partial charge on any atom is -0.330 e. The van der Waals surface area contributed by atoms with Crippen LogP contribution in [0.4, 0.5) is 0 Å². The molecule has 1 atom stereocenters. The lowest BCUT2D eigenvalue weighted by atomic mass is 10.1. The van der Waals surface area contributed by atoms with Gasteiger partial charge in [-0.1, -0.05) is 19.8 Å². The molecule has 1 heterocycles. The molecule has 0 aromatic heterocycles. The molecule has 1 aliphatic rings. The summed E-state index contributed by atoms with van der Waals surface area (Å²) in [5.41, 5.74) is 5.43. The Balaban J connectivity index is 1.92. The van der Waals surface area contributed by atoms with E-state index in [1.807, 2.05) is 6.92 Å². The van der Waals surface area contributed by atoms with Crippen LogP contribution in [0.1, 0.15) is 51.9 Å². The minimum atomic E-state index is -0.113.